The van der Waals surface area contributed by atoms with Gasteiger partial charge in [-0.3, -0.25) is 0 Å². The van der Waals surface area contributed by atoms with E-state index in [2.05, 4.69) is 31.0 Å². The Morgan fingerprint density at radius 2 is 2.15 bits per heavy atom. The van der Waals surface area contributed by atoms with E-state index in [-0.39, 0.29) is 0 Å². The molecule has 1 nitrogen and oxygen atoms in total. The molecule has 1 N–H and O–H groups in total. The van der Waals surface area contributed by atoms with Crippen LogP contribution in [0, 0.1) is 0 Å². The first-order valence-corrected chi connectivity index (χ1v) is 5.22. The Kier molecular flexibility index (Phi) is 3.90. The van der Waals surface area contributed by atoms with Gasteiger partial charge in [-0.1, -0.05) is 30.5 Å². The molecule has 13 heavy (non-hydrogen) atoms. The van der Waals surface area contributed by atoms with Crippen LogP contribution in [0.4, 0.5) is 5.69 Å². The van der Waals surface area contributed by atoms with E-state index >= 15 is 0 Å². The first-order valence-electron chi connectivity index (χ1n) is 4.40. The summed E-state index contributed by atoms with van der Waals surface area (Å²) in [6.45, 7) is 8.96. The summed E-state index contributed by atoms with van der Waals surface area (Å²) in [6, 6.07) is 8.29. The molecule has 0 fully saturated rings. The van der Waals surface area contributed by atoms with E-state index in [9.17, 15) is 0 Å². The summed E-state index contributed by atoms with van der Waals surface area (Å²) in [5.41, 5.74) is 1.19. The molecule has 0 aliphatic heterocycles. The first kappa shape index (κ1) is 10.2. The molecule has 0 heterocycles. The zero-order valence-electron chi connectivity index (χ0n) is 8.13. The van der Waals surface area contributed by atoms with Crippen molar-refractivity contribution in [2.24, 2.45) is 0 Å². The Hall–Kier alpha value is -0.890. The van der Waals surface area contributed by atoms with E-state index in [1.165, 1.54) is 10.6 Å². The highest BCUT2D eigenvalue weighted by molar-refractivity contribution is 8.03. The van der Waals surface area contributed by atoms with Gasteiger partial charge in [0.25, 0.3) is 0 Å². The van der Waals surface area contributed by atoms with Crippen LogP contribution in [0.25, 0.3) is 0 Å². The molecule has 0 saturated carbocycles. The lowest BCUT2D eigenvalue weighted by Crippen LogP contribution is -1.97. The van der Waals surface area contributed by atoms with Gasteiger partial charge < -0.3 is 5.32 Å². The molecule has 0 aliphatic carbocycles. The van der Waals surface area contributed by atoms with E-state index in [0.717, 1.165) is 11.4 Å². The molecule has 0 unspecified atom stereocenters. The van der Waals surface area contributed by atoms with Crippen LogP contribution in [0.15, 0.2) is 40.6 Å². The normalized spacial score (nSPS) is 9.69. The first-order chi connectivity index (χ1) is 6.24. The van der Waals surface area contributed by atoms with Gasteiger partial charge in [0.15, 0.2) is 0 Å². The van der Waals surface area contributed by atoms with Crippen LogP contribution in [-0.4, -0.2) is 6.54 Å². The number of allylic oxidation sites excluding steroid dienone is 1. The third kappa shape index (κ3) is 3.15. The maximum Gasteiger partial charge on any atom is 0.0481 e. The molecule has 2 heteroatoms. The van der Waals surface area contributed by atoms with Gasteiger partial charge >= 0.3 is 0 Å². The number of para-hydroxylation sites is 1. The monoisotopic (exact) mass is 193 g/mol. The lowest BCUT2D eigenvalue weighted by atomic mass is 10.3. The average Bonchev–Trinajstić information content (AvgIpc) is 2.08. The lowest BCUT2D eigenvalue weighted by molar-refractivity contribution is 1.19. The quantitative estimate of drug-likeness (QED) is 0.731. The summed E-state index contributed by atoms with van der Waals surface area (Å²) in [6.07, 6.45) is 0. The smallest absolute Gasteiger partial charge is 0.0481 e. The standard InChI is InChI=1S/C11H15NS/c1-4-12-10-7-5-6-8-11(10)13-9(2)3/h5-8,12H,2,4H2,1,3H3. The van der Waals surface area contributed by atoms with E-state index in [1.54, 1.807) is 11.8 Å². The molecule has 0 bridgehead atoms. The van der Waals surface area contributed by atoms with Gasteiger partial charge in [-0.15, -0.1) is 0 Å². The molecule has 0 aromatic heterocycles. The number of hydrogen-bond donors (Lipinski definition) is 1. The van der Waals surface area contributed by atoms with E-state index in [0.29, 0.717) is 0 Å². The summed E-state index contributed by atoms with van der Waals surface area (Å²) in [4.78, 5) is 2.36. The zero-order chi connectivity index (χ0) is 9.68. The van der Waals surface area contributed by atoms with Crippen molar-refractivity contribution < 1.29 is 0 Å². The van der Waals surface area contributed by atoms with Crippen molar-refractivity contribution in [2.45, 2.75) is 18.7 Å². The topological polar surface area (TPSA) is 12.0 Å². The van der Waals surface area contributed by atoms with Crippen LogP contribution < -0.4 is 5.32 Å². The second-order valence-electron chi connectivity index (χ2n) is 2.83. The maximum atomic E-state index is 3.89. The molecule has 1 rings (SSSR count). The van der Waals surface area contributed by atoms with Crippen LogP contribution in [-0.2, 0) is 0 Å². The fourth-order valence-electron chi connectivity index (χ4n) is 1.08. The predicted molar refractivity (Wildman–Crippen MR) is 61.3 cm³/mol. The molecule has 0 aliphatic rings. The number of thioether (sulfide) groups is 1. The van der Waals surface area contributed by atoms with Crippen molar-refractivity contribution in [3.05, 3.63) is 35.7 Å². The number of anilines is 1. The molecule has 0 saturated heterocycles. The van der Waals surface area contributed by atoms with E-state index in [1.807, 2.05) is 19.1 Å². The number of hydrogen-bond acceptors (Lipinski definition) is 2. The van der Waals surface area contributed by atoms with Gasteiger partial charge in [0, 0.05) is 17.1 Å². The Labute approximate surface area is 84.2 Å². The second-order valence-corrected chi connectivity index (χ2v) is 4.17. The van der Waals surface area contributed by atoms with Crippen molar-refractivity contribution in [1.82, 2.24) is 0 Å². The van der Waals surface area contributed by atoms with Gasteiger partial charge in [-0.2, -0.15) is 0 Å². The molecule has 1 aromatic rings. The largest absolute Gasteiger partial charge is 0.384 e. The number of benzene rings is 1. The van der Waals surface area contributed by atoms with Crippen LogP contribution >= 0.6 is 11.8 Å². The minimum absolute atomic E-state index is 0.952. The van der Waals surface area contributed by atoms with Gasteiger partial charge in [0.2, 0.25) is 0 Å². The Balaban J connectivity index is 2.84. The molecular formula is C11H15NS. The van der Waals surface area contributed by atoms with Crippen molar-refractivity contribution in [3.8, 4) is 0 Å². The Morgan fingerprint density at radius 3 is 2.77 bits per heavy atom. The van der Waals surface area contributed by atoms with E-state index in [4.69, 9.17) is 0 Å². The third-order valence-electron chi connectivity index (χ3n) is 1.54. The highest BCUT2D eigenvalue weighted by Gasteiger charge is 2.00. The van der Waals surface area contributed by atoms with E-state index < -0.39 is 0 Å². The summed E-state index contributed by atoms with van der Waals surface area (Å²) >= 11 is 1.71. The fraction of sp³-hybridized carbons (Fsp3) is 0.273. The third-order valence-corrected chi connectivity index (χ3v) is 2.46. The van der Waals surface area contributed by atoms with Crippen molar-refractivity contribution >= 4 is 17.4 Å². The summed E-state index contributed by atoms with van der Waals surface area (Å²) in [5, 5.41) is 3.32. The van der Waals surface area contributed by atoms with Crippen LogP contribution in [0.1, 0.15) is 13.8 Å². The van der Waals surface area contributed by atoms with Crippen molar-refractivity contribution in [2.75, 3.05) is 11.9 Å². The second kappa shape index (κ2) is 4.97. The summed E-state index contributed by atoms with van der Waals surface area (Å²) in [5.74, 6) is 0. The molecule has 0 amide bonds. The minimum Gasteiger partial charge on any atom is -0.384 e. The zero-order valence-corrected chi connectivity index (χ0v) is 8.95. The number of nitrogens with one attached hydrogen (secondary N) is 1. The highest BCUT2D eigenvalue weighted by Crippen LogP contribution is 2.31. The SMILES string of the molecule is C=C(C)Sc1ccccc1NCC. The molecule has 0 spiro atoms. The average molecular weight is 193 g/mol. The summed E-state index contributed by atoms with van der Waals surface area (Å²) in [7, 11) is 0. The summed E-state index contributed by atoms with van der Waals surface area (Å²) < 4.78 is 0. The maximum absolute atomic E-state index is 3.89. The van der Waals surface area contributed by atoms with Crippen molar-refractivity contribution in [3.63, 3.8) is 0 Å². The highest BCUT2D eigenvalue weighted by atomic mass is 32.2. The molecule has 1 aromatic carbocycles. The van der Waals surface area contributed by atoms with Gasteiger partial charge in [0.1, 0.15) is 0 Å². The molecular weight excluding hydrogens is 178 g/mol. The lowest BCUT2D eigenvalue weighted by Gasteiger charge is -2.09. The van der Waals surface area contributed by atoms with Crippen LogP contribution in [0.3, 0.4) is 0 Å². The Bertz CT molecular complexity index is 294. The van der Waals surface area contributed by atoms with Gasteiger partial charge in [-0.05, 0) is 30.9 Å². The minimum atomic E-state index is 0.952. The molecule has 70 valence electrons. The molecule has 0 radical (unpaired) electrons. The van der Waals surface area contributed by atoms with Crippen LogP contribution in [0.5, 0.6) is 0 Å². The van der Waals surface area contributed by atoms with Crippen LogP contribution in [0.2, 0.25) is 0 Å². The molecule has 0 atom stereocenters. The van der Waals surface area contributed by atoms with Crippen molar-refractivity contribution in [1.29, 1.82) is 0 Å². The Morgan fingerprint density at radius 1 is 1.46 bits per heavy atom. The fourth-order valence-corrected chi connectivity index (χ4v) is 1.85. The number of rotatable bonds is 4. The predicted octanol–water partition coefficient (Wildman–Crippen LogP) is 3.74. The van der Waals surface area contributed by atoms with Gasteiger partial charge in [-0.25, -0.2) is 0 Å². The van der Waals surface area contributed by atoms with Gasteiger partial charge in [0.05, 0.1) is 0 Å².